The second kappa shape index (κ2) is 6.36. The molecule has 2 N–H and O–H groups in total. The maximum Gasteiger partial charge on any atom is 0.332 e. The molecule has 1 aromatic heterocycles. The quantitative estimate of drug-likeness (QED) is 0.807. The van der Waals surface area contributed by atoms with Crippen LogP contribution in [-0.4, -0.2) is 20.3 Å². The Morgan fingerprint density at radius 3 is 2.68 bits per heavy atom. The number of anilines is 1. The van der Waals surface area contributed by atoms with Gasteiger partial charge < -0.3 is 10.4 Å². The van der Waals surface area contributed by atoms with Gasteiger partial charge in [0.15, 0.2) is 0 Å². The predicted octanol–water partition coefficient (Wildman–Crippen LogP) is 1.44. The molecule has 0 saturated carbocycles. The van der Waals surface area contributed by atoms with E-state index in [-0.39, 0.29) is 17.4 Å². The van der Waals surface area contributed by atoms with E-state index in [0.717, 1.165) is 12.0 Å². The van der Waals surface area contributed by atoms with Gasteiger partial charge in [-0.3, -0.25) is 13.9 Å². The van der Waals surface area contributed by atoms with Crippen molar-refractivity contribution in [2.24, 2.45) is 7.05 Å². The number of nitrogens with one attached hydrogen (secondary N) is 1. The van der Waals surface area contributed by atoms with E-state index in [2.05, 4.69) is 11.9 Å². The largest absolute Gasteiger partial charge is 0.393 e. The predicted molar refractivity (Wildman–Crippen MR) is 87.9 cm³/mol. The highest BCUT2D eigenvalue weighted by Crippen LogP contribution is 2.25. The Hall–Kier alpha value is -2.08. The zero-order chi connectivity index (χ0) is 16.4. The van der Waals surface area contributed by atoms with Crippen molar-refractivity contribution in [3.63, 3.8) is 0 Å². The number of aliphatic hydroxyl groups excluding tert-OH is 1. The van der Waals surface area contributed by atoms with Crippen molar-refractivity contribution >= 4 is 11.4 Å². The summed E-state index contributed by atoms with van der Waals surface area (Å²) in [7, 11) is 1.64. The molecule has 6 heteroatoms. The van der Waals surface area contributed by atoms with Crippen LogP contribution in [0, 0.1) is 0 Å². The summed E-state index contributed by atoms with van der Waals surface area (Å²) in [6, 6.07) is 0. The van der Waals surface area contributed by atoms with Gasteiger partial charge in [0.05, 0.1) is 11.7 Å². The number of hydrogen-bond donors (Lipinski definition) is 2. The Balaban J connectivity index is 2.39. The third-order valence-corrected chi connectivity index (χ3v) is 3.87. The molecular weight excluding hydrogens is 282 g/mol. The molecule has 2 heterocycles. The van der Waals surface area contributed by atoms with Crippen LogP contribution in [0.2, 0.25) is 0 Å². The lowest BCUT2D eigenvalue weighted by Gasteiger charge is -2.22. The van der Waals surface area contributed by atoms with Crippen molar-refractivity contribution in [1.29, 1.82) is 0 Å². The van der Waals surface area contributed by atoms with E-state index in [1.54, 1.807) is 20.0 Å². The molecule has 0 aliphatic carbocycles. The molecular formula is C16H23N3O3. The maximum absolute atomic E-state index is 12.6. The second-order valence-corrected chi connectivity index (χ2v) is 5.84. The van der Waals surface area contributed by atoms with Gasteiger partial charge in [0.25, 0.3) is 5.56 Å². The molecule has 1 aromatic rings. The fraction of sp³-hybridized carbons (Fsp3) is 0.500. The molecule has 0 radical (unpaired) electrons. The van der Waals surface area contributed by atoms with Crippen LogP contribution in [0.5, 0.6) is 0 Å². The van der Waals surface area contributed by atoms with E-state index < -0.39 is 0 Å². The van der Waals surface area contributed by atoms with E-state index in [9.17, 15) is 14.7 Å². The van der Waals surface area contributed by atoms with Crippen LogP contribution in [0.15, 0.2) is 27.9 Å². The van der Waals surface area contributed by atoms with Gasteiger partial charge in [-0.25, -0.2) is 4.79 Å². The lowest BCUT2D eigenvalue weighted by molar-refractivity contribution is 0.180. The first-order chi connectivity index (χ1) is 10.3. The number of allylic oxidation sites excluding steroid dienone is 2. The number of aliphatic hydroxyl groups is 1. The number of aromatic nitrogens is 2. The Morgan fingerprint density at radius 1 is 1.36 bits per heavy atom. The molecule has 22 heavy (non-hydrogen) atoms. The van der Waals surface area contributed by atoms with Gasteiger partial charge in [0.2, 0.25) is 0 Å². The molecule has 1 aliphatic rings. The lowest BCUT2D eigenvalue weighted by atomic mass is 10.1. The minimum atomic E-state index is -0.358. The summed E-state index contributed by atoms with van der Waals surface area (Å²) in [6.07, 6.45) is 3.56. The Morgan fingerprint density at radius 2 is 2.05 bits per heavy atom. The number of fused-ring (bicyclic) bond motifs is 1. The summed E-state index contributed by atoms with van der Waals surface area (Å²) in [5, 5.41) is 12.3. The van der Waals surface area contributed by atoms with Crippen molar-refractivity contribution in [3.8, 4) is 0 Å². The fourth-order valence-electron chi connectivity index (χ4n) is 2.70. The first-order valence-corrected chi connectivity index (χ1v) is 7.49. The zero-order valence-electron chi connectivity index (χ0n) is 13.3. The SMILES string of the molecule is C=C1C=C(C)c2c(n(C)c(=O)n(CCCCC(C)O)c2=O)N1. The van der Waals surface area contributed by atoms with E-state index >= 15 is 0 Å². The summed E-state index contributed by atoms with van der Waals surface area (Å²) in [5.41, 5.74) is 1.37. The molecule has 120 valence electrons. The van der Waals surface area contributed by atoms with Gasteiger partial charge in [0, 0.05) is 19.3 Å². The normalized spacial score (nSPS) is 15.1. The van der Waals surface area contributed by atoms with Gasteiger partial charge in [-0.2, -0.15) is 0 Å². The van der Waals surface area contributed by atoms with E-state index in [1.807, 2.05) is 6.92 Å². The molecule has 0 aromatic carbocycles. The lowest BCUT2D eigenvalue weighted by Crippen LogP contribution is -2.42. The molecule has 0 fully saturated rings. The first-order valence-electron chi connectivity index (χ1n) is 7.49. The average Bonchev–Trinajstić information content (AvgIpc) is 2.43. The number of unbranched alkanes of at least 4 members (excludes halogenated alkanes) is 1. The van der Waals surface area contributed by atoms with Crippen LogP contribution in [0.4, 0.5) is 5.82 Å². The minimum Gasteiger partial charge on any atom is -0.393 e. The van der Waals surface area contributed by atoms with Crippen molar-refractivity contribution in [3.05, 3.63) is 44.8 Å². The van der Waals surface area contributed by atoms with E-state index in [4.69, 9.17) is 0 Å². The highest BCUT2D eigenvalue weighted by Gasteiger charge is 2.21. The third-order valence-electron chi connectivity index (χ3n) is 3.87. The van der Waals surface area contributed by atoms with Gasteiger partial charge in [-0.05, 0) is 44.8 Å². The van der Waals surface area contributed by atoms with Gasteiger partial charge in [-0.15, -0.1) is 0 Å². The van der Waals surface area contributed by atoms with Gasteiger partial charge in [-0.1, -0.05) is 6.58 Å². The van der Waals surface area contributed by atoms with E-state index in [0.29, 0.717) is 36.5 Å². The number of rotatable bonds is 5. The minimum absolute atomic E-state index is 0.274. The molecule has 2 rings (SSSR count). The average molecular weight is 305 g/mol. The fourth-order valence-corrected chi connectivity index (χ4v) is 2.70. The topological polar surface area (TPSA) is 76.3 Å². The van der Waals surface area contributed by atoms with Crippen LogP contribution in [0.1, 0.15) is 38.7 Å². The Kier molecular flexibility index (Phi) is 4.71. The standard InChI is InChI=1S/C16H23N3O3/c1-10-9-11(2)17-14-13(10)15(21)19(16(22)18(14)4)8-6-5-7-12(3)20/h9,12,17,20H,2,5-8H2,1,3-4H3. The number of hydrogen-bond acceptors (Lipinski definition) is 4. The van der Waals surface area contributed by atoms with Crippen molar-refractivity contribution in [2.75, 3.05) is 5.32 Å². The molecule has 1 unspecified atom stereocenters. The van der Waals surface area contributed by atoms with Crippen molar-refractivity contribution in [1.82, 2.24) is 9.13 Å². The monoisotopic (exact) mass is 305 g/mol. The van der Waals surface area contributed by atoms with Crippen LogP contribution in [-0.2, 0) is 13.6 Å². The van der Waals surface area contributed by atoms with Gasteiger partial charge >= 0.3 is 5.69 Å². The molecule has 1 atom stereocenters. The summed E-state index contributed by atoms with van der Waals surface area (Å²) in [6.45, 7) is 7.76. The third kappa shape index (κ3) is 3.06. The smallest absolute Gasteiger partial charge is 0.332 e. The highest BCUT2D eigenvalue weighted by atomic mass is 16.3. The van der Waals surface area contributed by atoms with Crippen molar-refractivity contribution < 1.29 is 5.11 Å². The van der Waals surface area contributed by atoms with Crippen molar-refractivity contribution in [2.45, 2.75) is 45.8 Å². The van der Waals surface area contributed by atoms with Gasteiger partial charge in [0.1, 0.15) is 5.82 Å². The highest BCUT2D eigenvalue weighted by molar-refractivity contribution is 5.79. The Labute approximate surface area is 129 Å². The summed E-state index contributed by atoms with van der Waals surface area (Å²) < 4.78 is 2.72. The van der Waals surface area contributed by atoms with Crippen LogP contribution < -0.4 is 16.6 Å². The molecule has 6 nitrogen and oxygen atoms in total. The molecule has 1 aliphatic heterocycles. The molecule has 0 saturated heterocycles. The summed E-state index contributed by atoms with van der Waals surface area (Å²) >= 11 is 0. The maximum atomic E-state index is 12.6. The summed E-state index contributed by atoms with van der Waals surface area (Å²) in [4.78, 5) is 25.0. The Bertz CT molecular complexity index is 738. The van der Waals surface area contributed by atoms with Crippen LogP contribution >= 0.6 is 0 Å². The number of nitrogens with zero attached hydrogens (tertiary/aromatic N) is 2. The first kappa shape index (κ1) is 16.3. The molecule has 0 bridgehead atoms. The second-order valence-electron chi connectivity index (χ2n) is 5.84. The van der Waals surface area contributed by atoms with Crippen LogP contribution in [0.3, 0.4) is 0 Å². The van der Waals surface area contributed by atoms with Crippen LogP contribution in [0.25, 0.3) is 5.57 Å². The summed E-state index contributed by atoms with van der Waals surface area (Å²) in [5.74, 6) is 0.500. The van der Waals surface area contributed by atoms with E-state index in [1.165, 1.54) is 9.13 Å². The zero-order valence-corrected chi connectivity index (χ0v) is 13.3. The molecule has 0 spiro atoms. The molecule has 0 amide bonds.